The molecule has 0 aromatic carbocycles. The lowest BCUT2D eigenvalue weighted by Gasteiger charge is -2.22. The summed E-state index contributed by atoms with van der Waals surface area (Å²) in [5.74, 6) is -1.91. The second-order valence-corrected chi connectivity index (χ2v) is 6.07. The van der Waals surface area contributed by atoms with Crippen LogP contribution in [0.5, 0.6) is 5.88 Å². The van der Waals surface area contributed by atoms with E-state index in [0.29, 0.717) is 10.2 Å². The monoisotopic (exact) mass is 397 g/mol. The van der Waals surface area contributed by atoms with Gasteiger partial charge in [-0.2, -0.15) is 5.26 Å². The Labute approximate surface area is 146 Å². The predicted molar refractivity (Wildman–Crippen MR) is 87.6 cm³/mol. The quantitative estimate of drug-likeness (QED) is 0.708. The van der Waals surface area contributed by atoms with Crippen molar-refractivity contribution in [3.05, 3.63) is 40.5 Å². The highest BCUT2D eigenvalue weighted by Crippen LogP contribution is 2.31. The number of hydrogen-bond donors (Lipinski definition) is 0. The molecule has 8 heteroatoms. The Morgan fingerprint density at radius 1 is 1.58 bits per heavy atom. The van der Waals surface area contributed by atoms with E-state index in [1.165, 1.54) is 24.1 Å². The van der Waals surface area contributed by atoms with E-state index in [2.05, 4.69) is 20.9 Å². The van der Waals surface area contributed by atoms with Crippen LogP contribution >= 0.6 is 15.9 Å². The molecule has 1 atom stereocenters. The van der Waals surface area contributed by atoms with E-state index in [4.69, 9.17) is 10.00 Å². The molecule has 1 aliphatic carbocycles. The summed E-state index contributed by atoms with van der Waals surface area (Å²) in [5.41, 5.74) is 0.315. The van der Waals surface area contributed by atoms with E-state index in [-0.39, 0.29) is 31.4 Å². The number of rotatable bonds is 5. The van der Waals surface area contributed by atoms with Crippen LogP contribution in [-0.4, -0.2) is 24.0 Å². The fourth-order valence-corrected chi connectivity index (χ4v) is 2.56. The summed E-state index contributed by atoms with van der Waals surface area (Å²) >= 11 is 3.25. The van der Waals surface area contributed by atoms with E-state index >= 15 is 0 Å². The molecule has 1 amide bonds. The van der Waals surface area contributed by atoms with Gasteiger partial charge in [-0.3, -0.25) is 9.69 Å². The van der Waals surface area contributed by atoms with E-state index < -0.39 is 17.6 Å². The minimum atomic E-state index is -0.647. The minimum absolute atomic E-state index is 0.00535. The Bertz CT molecular complexity index is 743. The number of ether oxygens (including phenoxy) is 1. The number of aromatic nitrogens is 1. The molecule has 0 N–H and O–H groups in total. The van der Waals surface area contributed by atoms with Gasteiger partial charge in [0.15, 0.2) is 0 Å². The molecule has 1 unspecified atom stereocenters. The van der Waals surface area contributed by atoms with Crippen LogP contribution in [0.3, 0.4) is 0 Å². The maximum atomic E-state index is 13.3. The summed E-state index contributed by atoms with van der Waals surface area (Å²) in [4.78, 5) is 17.1. The van der Waals surface area contributed by atoms with E-state index in [0.717, 1.165) is 6.08 Å². The van der Waals surface area contributed by atoms with Crippen molar-refractivity contribution < 1.29 is 18.3 Å². The molecule has 0 radical (unpaired) electrons. The normalized spacial score (nSPS) is 16.7. The maximum Gasteiger partial charge on any atom is 0.238 e. The summed E-state index contributed by atoms with van der Waals surface area (Å²) in [7, 11) is 0. The SMILES string of the molecule is CC(=O)N(CC#N)c1cc(Br)cnc1OCC1C=C(F)C=C(F)C1. The summed E-state index contributed by atoms with van der Waals surface area (Å²) in [6.07, 6.45) is 3.62. The molecule has 0 bridgehead atoms. The average molecular weight is 398 g/mol. The molecular formula is C16H14BrF2N3O2. The first-order valence-corrected chi connectivity index (χ1v) is 7.86. The Morgan fingerprint density at radius 2 is 2.33 bits per heavy atom. The van der Waals surface area contributed by atoms with E-state index in [9.17, 15) is 13.6 Å². The van der Waals surface area contributed by atoms with Crippen molar-refractivity contribution in [2.24, 2.45) is 5.92 Å². The molecule has 1 aromatic rings. The van der Waals surface area contributed by atoms with E-state index in [1.54, 1.807) is 6.07 Å². The number of nitriles is 1. The number of carbonyl (C=O) groups excluding carboxylic acids is 1. The molecule has 5 nitrogen and oxygen atoms in total. The largest absolute Gasteiger partial charge is 0.476 e. The van der Waals surface area contributed by atoms with Crippen LogP contribution in [0.1, 0.15) is 13.3 Å². The minimum Gasteiger partial charge on any atom is -0.476 e. The number of allylic oxidation sites excluding steroid dienone is 3. The zero-order chi connectivity index (χ0) is 17.7. The molecule has 0 saturated carbocycles. The lowest BCUT2D eigenvalue weighted by molar-refractivity contribution is -0.116. The first-order chi connectivity index (χ1) is 11.4. The number of halogens is 3. The fraction of sp³-hybridized carbons (Fsp3) is 0.312. The van der Waals surface area contributed by atoms with Crippen LogP contribution in [0, 0.1) is 17.2 Å². The van der Waals surface area contributed by atoms with Gasteiger partial charge in [0, 0.05) is 36.0 Å². The standard InChI is InChI=1S/C16H14BrF2N3O2/c1-10(23)22(3-2-20)15-6-12(17)8-21-16(15)24-9-11-4-13(18)7-14(19)5-11/h4,6-8,11H,3,5,9H2,1H3. The van der Waals surface area contributed by atoms with Gasteiger partial charge in [-0.05, 0) is 28.1 Å². The van der Waals surface area contributed by atoms with Gasteiger partial charge in [-0.1, -0.05) is 0 Å². The van der Waals surface area contributed by atoms with Crippen molar-refractivity contribution in [2.45, 2.75) is 13.3 Å². The highest BCUT2D eigenvalue weighted by atomic mass is 79.9. The zero-order valence-corrected chi connectivity index (χ0v) is 14.4. The lowest BCUT2D eigenvalue weighted by atomic mass is 10.0. The third-order valence-electron chi connectivity index (χ3n) is 3.28. The van der Waals surface area contributed by atoms with Crippen LogP contribution in [0.15, 0.2) is 40.5 Å². The fourth-order valence-electron chi connectivity index (χ4n) is 2.24. The molecule has 126 valence electrons. The average Bonchev–Trinajstić information content (AvgIpc) is 2.50. The second-order valence-electron chi connectivity index (χ2n) is 5.16. The van der Waals surface area contributed by atoms with Crippen LogP contribution < -0.4 is 9.64 Å². The number of carbonyl (C=O) groups is 1. The molecule has 0 aliphatic heterocycles. The van der Waals surface area contributed by atoms with Crippen molar-refractivity contribution in [1.29, 1.82) is 5.26 Å². The predicted octanol–water partition coefficient (Wildman–Crippen LogP) is 3.83. The first-order valence-electron chi connectivity index (χ1n) is 7.07. The summed E-state index contributed by atoms with van der Waals surface area (Å²) in [6, 6.07) is 3.50. The highest BCUT2D eigenvalue weighted by Gasteiger charge is 2.21. The molecule has 1 aromatic heterocycles. The summed E-state index contributed by atoms with van der Waals surface area (Å²) < 4.78 is 32.7. The molecule has 0 spiro atoms. The van der Waals surface area contributed by atoms with Crippen molar-refractivity contribution in [2.75, 3.05) is 18.1 Å². The van der Waals surface area contributed by atoms with Gasteiger partial charge in [0.1, 0.15) is 23.9 Å². The van der Waals surface area contributed by atoms with Gasteiger partial charge in [0.25, 0.3) is 0 Å². The highest BCUT2D eigenvalue weighted by molar-refractivity contribution is 9.10. The molecule has 2 rings (SSSR count). The second kappa shape index (κ2) is 8.02. The molecule has 24 heavy (non-hydrogen) atoms. The molecule has 0 saturated heterocycles. The summed E-state index contributed by atoms with van der Waals surface area (Å²) in [6.45, 7) is 1.15. The molecular weight excluding hydrogens is 384 g/mol. The Hall–Kier alpha value is -2.27. The van der Waals surface area contributed by atoms with E-state index in [1.807, 2.05) is 6.07 Å². The Morgan fingerprint density at radius 3 is 2.96 bits per heavy atom. The maximum absolute atomic E-state index is 13.3. The van der Waals surface area contributed by atoms with Crippen LogP contribution in [0.4, 0.5) is 14.5 Å². The van der Waals surface area contributed by atoms with Gasteiger partial charge in [0.2, 0.25) is 11.8 Å². The summed E-state index contributed by atoms with van der Waals surface area (Å²) in [5, 5.41) is 8.88. The third-order valence-corrected chi connectivity index (χ3v) is 3.71. The van der Waals surface area contributed by atoms with Crippen molar-refractivity contribution >= 4 is 27.5 Å². The number of amides is 1. The molecule has 0 fully saturated rings. The van der Waals surface area contributed by atoms with Crippen LogP contribution in [0.25, 0.3) is 0 Å². The molecule has 1 heterocycles. The Kier molecular flexibility index (Phi) is 6.04. The smallest absolute Gasteiger partial charge is 0.238 e. The third kappa shape index (κ3) is 4.61. The number of hydrogen-bond acceptors (Lipinski definition) is 4. The number of nitrogens with zero attached hydrogens (tertiary/aromatic N) is 3. The van der Waals surface area contributed by atoms with Gasteiger partial charge in [-0.15, -0.1) is 0 Å². The first kappa shape index (κ1) is 18.1. The van der Waals surface area contributed by atoms with Gasteiger partial charge < -0.3 is 4.74 Å². The van der Waals surface area contributed by atoms with Gasteiger partial charge in [0.05, 0.1) is 12.7 Å². The van der Waals surface area contributed by atoms with Crippen molar-refractivity contribution in [3.8, 4) is 11.9 Å². The van der Waals surface area contributed by atoms with Gasteiger partial charge in [-0.25, -0.2) is 13.8 Å². The zero-order valence-electron chi connectivity index (χ0n) is 12.8. The Balaban J connectivity index is 2.20. The topological polar surface area (TPSA) is 66.2 Å². The molecule has 1 aliphatic rings. The van der Waals surface area contributed by atoms with Crippen molar-refractivity contribution in [3.63, 3.8) is 0 Å². The number of anilines is 1. The van der Waals surface area contributed by atoms with Gasteiger partial charge >= 0.3 is 0 Å². The van der Waals surface area contributed by atoms with Crippen molar-refractivity contribution in [1.82, 2.24) is 4.98 Å². The lowest BCUT2D eigenvalue weighted by Crippen LogP contribution is -2.29. The number of pyridine rings is 1. The van der Waals surface area contributed by atoms with Crippen LogP contribution in [-0.2, 0) is 4.79 Å². The van der Waals surface area contributed by atoms with Crippen LogP contribution in [0.2, 0.25) is 0 Å².